The predicted octanol–water partition coefficient (Wildman–Crippen LogP) is 4.10. The zero-order valence-corrected chi connectivity index (χ0v) is 13.8. The summed E-state index contributed by atoms with van der Waals surface area (Å²) in [6, 6.07) is 10.0. The lowest BCUT2D eigenvalue weighted by Gasteiger charge is -2.21. The molecule has 23 heavy (non-hydrogen) atoms. The molecule has 0 spiro atoms. The van der Waals surface area contributed by atoms with E-state index < -0.39 is 11.6 Å². The van der Waals surface area contributed by atoms with Crippen LogP contribution < -0.4 is 5.32 Å². The predicted molar refractivity (Wildman–Crippen MR) is 88.6 cm³/mol. The van der Waals surface area contributed by atoms with E-state index in [-0.39, 0.29) is 18.1 Å². The molecule has 0 amide bonds. The normalized spacial score (nSPS) is 12.4. The Morgan fingerprint density at radius 2 is 1.57 bits per heavy atom. The first-order valence-corrected chi connectivity index (χ1v) is 7.76. The Labute approximate surface area is 136 Å². The van der Waals surface area contributed by atoms with Crippen LogP contribution in [0, 0.1) is 25.5 Å². The van der Waals surface area contributed by atoms with Crippen molar-refractivity contribution in [1.82, 2.24) is 5.32 Å². The molecule has 0 aliphatic heterocycles. The van der Waals surface area contributed by atoms with E-state index in [1.165, 1.54) is 34.9 Å². The average Bonchev–Trinajstić information content (AvgIpc) is 2.50. The lowest BCUT2D eigenvalue weighted by atomic mass is 9.91. The van der Waals surface area contributed by atoms with Crippen molar-refractivity contribution < 1.29 is 13.5 Å². The summed E-state index contributed by atoms with van der Waals surface area (Å²) in [7, 11) is 1.89. The highest BCUT2D eigenvalue weighted by Crippen LogP contribution is 2.24. The topological polar surface area (TPSA) is 21.3 Å². The second-order valence-corrected chi connectivity index (χ2v) is 5.78. The first-order valence-electron chi connectivity index (χ1n) is 7.76. The molecule has 1 unspecified atom stereocenters. The van der Waals surface area contributed by atoms with Gasteiger partial charge >= 0.3 is 0 Å². The summed E-state index contributed by atoms with van der Waals surface area (Å²) in [5, 5.41) is 3.16. The first-order chi connectivity index (χ1) is 11.0. The summed E-state index contributed by atoms with van der Waals surface area (Å²) in [4.78, 5) is 0. The van der Waals surface area contributed by atoms with Gasteiger partial charge in [-0.25, -0.2) is 8.78 Å². The fourth-order valence-corrected chi connectivity index (χ4v) is 2.94. The average molecular weight is 319 g/mol. The molecule has 0 saturated carbocycles. The summed E-state index contributed by atoms with van der Waals surface area (Å²) in [6.45, 7) is 5.22. The molecule has 0 heterocycles. The van der Waals surface area contributed by atoms with Gasteiger partial charge in [0, 0.05) is 18.0 Å². The standard InChI is InChI=1S/C19H23F2NO/c1-13-6-4-7-14(2)19(13)15(10-22-3)11-23-12-16-17(20)8-5-9-18(16)21/h4-9,15,22H,10-12H2,1-3H3. The molecule has 0 aromatic heterocycles. The van der Waals surface area contributed by atoms with Gasteiger partial charge in [0.05, 0.1) is 13.2 Å². The highest BCUT2D eigenvalue weighted by molar-refractivity contribution is 5.37. The molecular weight excluding hydrogens is 296 g/mol. The van der Waals surface area contributed by atoms with E-state index in [4.69, 9.17) is 4.74 Å². The molecule has 0 radical (unpaired) electrons. The van der Waals surface area contributed by atoms with Crippen molar-refractivity contribution in [3.63, 3.8) is 0 Å². The Kier molecular flexibility index (Phi) is 6.25. The van der Waals surface area contributed by atoms with Crippen molar-refractivity contribution in [3.05, 3.63) is 70.3 Å². The van der Waals surface area contributed by atoms with E-state index in [0.717, 1.165) is 6.54 Å². The van der Waals surface area contributed by atoms with Crippen LogP contribution in [-0.4, -0.2) is 20.2 Å². The molecule has 2 nitrogen and oxygen atoms in total. The van der Waals surface area contributed by atoms with Gasteiger partial charge in [-0.1, -0.05) is 24.3 Å². The molecular formula is C19H23F2NO. The van der Waals surface area contributed by atoms with Gasteiger partial charge in [-0.05, 0) is 49.7 Å². The van der Waals surface area contributed by atoms with Gasteiger partial charge < -0.3 is 10.1 Å². The fourth-order valence-electron chi connectivity index (χ4n) is 2.94. The van der Waals surface area contributed by atoms with Crippen LogP contribution in [0.3, 0.4) is 0 Å². The number of nitrogens with one attached hydrogen (secondary N) is 1. The van der Waals surface area contributed by atoms with Gasteiger partial charge in [-0.2, -0.15) is 0 Å². The van der Waals surface area contributed by atoms with Crippen molar-refractivity contribution in [2.45, 2.75) is 26.4 Å². The molecule has 2 aromatic rings. The monoisotopic (exact) mass is 319 g/mol. The van der Waals surface area contributed by atoms with E-state index in [1.54, 1.807) is 0 Å². The molecule has 0 fully saturated rings. The van der Waals surface area contributed by atoms with Crippen molar-refractivity contribution in [2.24, 2.45) is 0 Å². The number of rotatable bonds is 7. The highest BCUT2D eigenvalue weighted by atomic mass is 19.1. The minimum atomic E-state index is -0.567. The molecule has 1 atom stereocenters. The summed E-state index contributed by atoms with van der Waals surface area (Å²) in [6.07, 6.45) is 0. The highest BCUT2D eigenvalue weighted by Gasteiger charge is 2.17. The molecule has 124 valence electrons. The van der Waals surface area contributed by atoms with Crippen molar-refractivity contribution in [2.75, 3.05) is 20.2 Å². The van der Waals surface area contributed by atoms with Crippen LogP contribution in [0.1, 0.15) is 28.2 Å². The van der Waals surface area contributed by atoms with Crippen molar-refractivity contribution in [1.29, 1.82) is 0 Å². The molecule has 4 heteroatoms. The molecule has 0 aliphatic carbocycles. The molecule has 2 aromatic carbocycles. The molecule has 0 aliphatic rings. The summed E-state index contributed by atoms with van der Waals surface area (Å²) < 4.78 is 32.9. The molecule has 0 bridgehead atoms. The maximum Gasteiger partial charge on any atom is 0.131 e. The van der Waals surface area contributed by atoms with Crippen LogP contribution in [0.5, 0.6) is 0 Å². The number of aryl methyl sites for hydroxylation is 2. The maximum atomic E-state index is 13.6. The van der Waals surface area contributed by atoms with Crippen molar-refractivity contribution in [3.8, 4) is 0 Å². The van der Waals surface area contributed by atoms with Crippen molar-refractivity contribution >= 4 is 0 Å². The van der Waals surface area contributed by atoms with E-state index in [1.807, 2.05) is 13.1 Å². The Balaban J connectivity index is 2.09. The van der Waals surface area contributed by atoms with Gasteiger partial charge in [-0.15, -0.1) is 0 Å². The third-order valence-corrected chi connectivity index (χ3v) is 4.03. The summed E-state index contributed by atoms with van der Waals surface area (Å²) >= 11 is 0. The largest absolute Gasteiger partial charge is 0.376 e. The Morgan fingerprint density at radius 1 is 1.00 bits per heavy atom. The van der Waals surface area contributed by atoms with E-state index >= 15 is 0 Å². The fraction of sp³-hybridized carbons (Fsp3) is 0.368. The lowest BCUT2D eigenvalue weighted by molar-refractivity contribution is 0.102. The summed E-state index contributed by atoms with van der Waals surface area (Å²) in [5.74, 6) is -1.000. The van der Waals surface area contributed by atoms with Crippen LogP contribution in [0.4, 0.5) is 8.78 Å². The number of likely N-dealkylation sites (N-methyl/N-ethyl adjacent to an activating group) is 1. The van der Waals surface area contributed by atoms with Gasteiger partial charge in [0.15, 0.2) is 0 Å². The number of benzene rings is 2. The second kappa shape index (κ2) is 8.18. The Hall–Kier alpha value is -1.78. The zero-order chi connectivity index (χ0) is 16.8. The molecule has 0 saturated heterocycles. The number of ether oxygens (including phenoxy) is 1. The minimum Gasteiger partial charge on any atom is -0.376 e. The summed E-state index contributed by atoms with van der Waals surface area (Å²) in [5.41, 5.74) is 3.62. The zero-order valence-electron chi connectivity index (χ0n) is 13.8. The first kappa shape index (κ1) is 17.6. The second-order valence-electron chi connectivity index (χ2n) is 5.78. The van der Waals surface area contributed by atoms with Crippen LogP contribution in [0.2, 0.25) is 0 Å². The van der Waals surface area contributed by atoms with E-state index in [0.29, 0.717) is 6.61 Å². The van der Waals surface area contributed by atoms with E-state index in [2.05, 4.69) is 31.3 Å². The quantitative estimate of drug-likeness (QED) is 0.829. The Morgan fingerprint density at radius 3 is 2.13 bits per heavy atom. The number of halogens is 2. The van der Waals surface area contributed by atoms with Crippen LogP contribution >= 0.6 is 0 Å². The van der Waals surface area contributed by atoms with E-state index in [9.17, 15) is 8.78 Å². The van der Waals surface area contributed by atoms with Gasteiger partial charge in [0.25, 0.3) is 0 Å². The number of hydrogen-bond acceptors (Lipinski definition) is 2. The number of hydrogen-bond donors (Lipinski definition) is 1. The van der Waals surface area contributed by atoms with Crippen LogP contribution in [0.25, 0.3) is 0 Å². The third-order valence-electron chi connectivity index (χ3n) is 4.03. The third kappa shape index (κ3) is 4.36. The van der Waals surface area contributed by atoms with Crippen LogP contribution in [-0.2, 0) is 11.3 Å². The molecule has 2 rings (SSSR count). The lowest BCUT2D eigenvalue weighted by Crippen LogP contribution is -2.23. The molecule has 1 N–H and O–H groups in total. The smallest absolute Gasteiger partial charge is 0.131 e. The maximum absolute atomic E-state index is 13.6. The minimum absolute atomic E-state index is 0.0165. The Bertz CT molecular complexity index is 617. The SMILES string of the molecule is CNCC(COCc1c(F)cccc1F)c1c(C)cccc1C. The van der Waals surface area contributed by atoms with Crippen LogP contribution in [0.15, 0.2) is 36.4 Å². The van der Waals surface area contributed by atoms with Gasteiger partial charge in [0.1, 0.15) is 11.6 Å². The van der Waals surface area contributed by atoms with Gasteiger partial charge in [-0.3, -0.25) is 0 Å². The van der Waals surface area contributed by atoms with Gasteiger partial charge in [0.2, 0.25) is 0 Å².